The molecular formula is C22H32FNO8. The molecule has 0 aliphatic rings. The molecule has 0 N–H and O–H groups in total. The Labute approximate surface area is 187 Å². The molecule has 10 heteroatoms. The molecule has 1 aromatic rings. The van der Waals surface area contributed by atoms with Gasteiger partial charge in [0.1, 0.15) is 23.1 Å². The maximum absolute atomic E-state index is 14.8. The van der Waals surface area contributed by atoms with Gasteiger partial charge in [0.05, 0.1) is 21.3 Å². The highest BCUT2D eigenvalue weighted by Crippen LogP contribution is 2.31. The van der Waals surface area contributed by atoms with E-state index in [0.717, 1.165) is 13.2 Å². The molecule has 0 radical (unpaired) electrons. The van der Waals surface area contributed by atoms with Crippen LogP contribution in [-0.4, -0.2) is 61.6 Å². The van der Waals surface area contributed by atoms with E-state index in [0.29, 0.717) is 4.90 Å². The number of rotatable bonds is 6. The van der Waals surface area contributed by atoms with Crippen LogP contribution in [-0.2, 0) is 25.4 Å². The van der Waals surface area contributed by atoms with Gasteiger partial charge in [-0.05, 0) is 53.2 Å². The summed E-state index contributed by atoms with van der Waals surface area (Å²) < 4.78 is 40.4. The van der Waals surface area contributed by atoms with E-state index in [1.54, 1.807) is 41.5 Å². The SMILES string of the molecule is COC(=O)C(Cc1cc(OC)c(OC)cc1F)N(C(=O)OC(C)(C)C)C(=O)OC(C)(C)C. The van der Waals surface area contributed by atoms with Crippen molar-refractivity contribution in [1.82, 2.24) is 4.90 Å². The van der Waals surface area contributed by atoms with Crippen molar-refractivity contribution in [2.45, 2.75) is 65.2 Å². The highest BCUT2D eigenvalue weighted by atomic mass is 19.1. The molecule has 0 aromatic heterocycles. The standard InChI is InChI=1S/C22H32FNO8/c1-21(2,3)31-19(26)24(20(27)32-22(4,5)6)15(18(25)30-9)10-13-11-16(28-7)17(29-8)12-14(13)23/h11-12,15H,10H2,1-9H3. The minimum absolute atomic E-state index is 0.0184. The van der Waals surface area contributed by atoms with Gasteiger partial charge in [-0.1, -0.05) is 0 Å². The molecule has 0 aliphatic carbocycles. The Kier molecular flexibility index (Phi) is 8.87. The van der Waals surface area contributed by atoms with Gasteiger partial charge in [0, 0.05) is 12.5 Å². The van der Waals surface area contributed by atoms with Gasteiger partial charge in [0.15, 0.2) is 11.5 Å². The number of nitrogens with zero attached hydrogens (tertiary/aromatic N) is 1. The van der Waals surface area contributed by atoms with E-state index in [2.05, 4.69) is 0 Å². The molecule has 0 aliphatic heterocycles. The van der Waals surface area contributed by atoms with Gasteiger partial charge in [-0.3, -0.25) is 0 Å². The van der Waals surface area contributed by atoms with E-state index in [9.17, 15) is 18.8 Å². The number of hydrogen-bond donors (Lipinski definition) is 0. The number of imide groups is 1. The Balaban J connectivity index is 3.52. The second kappa shape index (κ2) is 10.5. The maximum atomic E-state index is 14.8. The third-order valence-electron chi connectivity index (χ3n) is 3.93. The Morgan fingerprint density at radius 3 is 1.69 bits per heavy atom. The summed E-state index contributed by atoms with van der Waals surface area (Å²) in [5.41, 5.74) is -1.98. The molecule has 0 bridgehead atoms. The van der Waals surface area contributed by atoms with Crippen LogP contribution in [0.1, 0.15) is 47.1 Å². The first-order valence-electron chi connectivity index (χ1n) is 9.87. The lowest BCUT2D eigenvalue weighted by atomic mass is 10.0. The van der Waals surface area contributed by atoms with Crippen molar-refractivity contribution in [3.05, 3.63) is 23.5 Å². The average Bonchev–Trinajstić information content (AvgIpc) is 2.64. The predicted molar refractivity (Wildman–Crippen MR) is 113 cm³/mol. The molecule has 0 spiro atoms. The first kappa shape index (κ1) is 27.0. The lowest BCUT2D eigenvalue weighted by Gasteiger charge is -2.32. The number of halogens is 1. The number of carbonyl (C=O) groups is 3. The number of ether oxygens (including phenoxy) is 5. The van der Waals surface area contributed by atoms with Crippen molar-refractivity contribution in [3.63, 3.8) is 0 Å². The first-order valence-corrected chi connectivity index (χ1v) is 9.87. The first-order chi connectivity index (χ1) is 14.6. The fourth-order valence-electron chi connectivity index (χ4n) is 2.63. The zero-order valence-electron chi connectivity index (χ0n) is 20.0. The highest BCUT2D eigenvalue weighted by Gasteiger charge is 2.41. The number of amides is 2. The molecule has 0 fully saturated rings. The summed E-state index contributed by atoms with van der Waals surface area (Å²) in [6, 6.07) is 0.817. The van der Waals surface area contributed by atoms with Gasteiger partial charge >= 0.3 is 18.2 Å². The molecule has 9 nitrogen and oxygen atoms in total. The number of hydrogen-bond acceptors (Lipinski definition) is 8. The Bertz CT molecular complexity index is 814. The van der Waals surface area contributed by atoms with Crippen molar-refractivity contribution < 1.29 is 42.5 Å². The second-order valence-corrected chi connectivity index (χ2v) is 8.87. The summed E-state index contributed by atoms with van der Waals surface area (Å²) in [5.74, 6) is -1.35. The quantitative estimate of drug-likeness (QED) is 0.465. The third-order valence-corrected chi connectivity index (χ3v) is 3.93. The molecular weight excluding hydrogens is 425 g/mol. The van der Waals surface area contributed by atoms with Crippen LogP contribution in [0.4, 0.5) is 14.0 Å². The lowest BCUT2D eigenvalue weighted by molar-refractivity contribution is -0.146. The molecule has 0 heterocycles. The maximum Gasteiger partial charge on any atom is 0.420 e. The molecule has 1 aromatic carbocycles. The van der Waals surface area contributed by atoms with Gasteiger partial charge in [-0.25, -0.2) is 18.8 Å². The van der Waals surface area contributed by atoms with E-state index in [4.69, 9.17) is 23.7 Å². The summed E-state index contributed by atoms with van der Waals surface area (Å²) >= 11 is 0. The number of methoxy groups -OCH3 is 3. The molecule has 2 amide bonds. The van der Waals surface area contributed by atoms with Gasteiger partial charge in [0.2, 0.25) is 0 Å². The molecule has 0 saturated carbocycles. The fourth-order valence-corrected chi connectivity index (χ4v) is 2.63. The number of esters is 1. The lowest BCUT2D eigenvalue weighted by Crippen LogP contribution is -2.53. The van der Waals surface area contributed by atoms with E-state index in [1.807, 2.05) is 0 Å². The minimum atomic E-state index is -1.57. The fraction of sp³-hybridized carbons (Fsp3) is 0.591. The van der Waals surface area contributed by atoms with Crippen LogP contribution in [0.15, 0.2) is 12.1 Å². The van der Waals surface area contributed by atoms with Crippen LogP contribution in [0.2, 0.25) is 0 Å². The van der Waals surface area contributed by atoms with Crippen LogP contribution in [0.5, 0.6) is 11.5 Å². The normalized spacial score (nSPS) is 12.4. The Morgan fingerprint density at radius 1 is 0.875 bits per heavy atom. The summed E-state index contributed by atoms with van der Waals surface area (Å²) in [6.07, 6.45) is -2.69. The summed E-state index contributed by atoms with van der Waals surface area (Å²) in [4.78, 5) is 38.9. The smallest absolute Gasteiger partial charge is 0.420 e. The van der Waals surface area contributed by atoms with Crippen LogP contribution in [0.3, 0.4) is 0 Å². The minimum Gasteiger partial charge on any atom is -0.493 e. The molecule has 1 rings (SSSR count). The van der Waals surface area contributed by atoms with Gasteiger partial charge in [-0.2, -0.15) is 4.90 Å². The zero-order chi connectivity index (χ0) is 24.9. The van der Waals surface area contributed by atoms with Gasteiger partial charge in [-0.15, -0.1) is 0 Å². The van der Waals surface area contributed by atoms with Crippen LogP contribution in [0.25, 0.3) is 0 Å². The zero-order valence-corrected chi connectivity index (χ0v) is 20.0. The van der Waals surface area contributed by atoms with Crippen molar-refractivity contribution in [2.24, 2.45) is 0 Å². The van der Waals surface area contributed by atoms with Crippen LogP contribution >= 0.6 is 0 Å². The van der Waals surface area contributed by atoms with Gasteiger partial charge < -0.3 is 23.7 Å². The topological polar surface area (TPSA) is 101 Å². The van der Waals surface area contributed by atoms with Gasteiger partial charge in [0.25, 0.3) is 0 Å². The van der Waals surface area contributed by atoms with Crippen molar-refractivity contribution in [2.75, 3.05) is 21.3 Å². The molecule has 32 heavy (non-hydrogen) atoms. The molecule has 1 atom stereocenters. The molecule has 180 valence electrons. The largest absolute Gasteiger partial charge is 0.493 e. The molecule has 1 unspecified atom stereocenters. The number of carbonyl (C=O) groups excluding carboxylic acids is 3. The van der Waals surface area contributed by atoms with Crippen LogP contribution in [0, 0.1) is 5.82 Å². The summed E-state index contributed by atoms with van der Waals surface area (Å²) in [7, 11) is 3.80. The predicted octanol–water partition coefficient (Wildman–Crippen LogP) is 4.10. The van der Waals surface area contributed by atoms with E-state index < -0.39 is 47.6 Å². The Morgan fingerprint density at radius 2 is 1.31 bits per heavy atom. The van der Waals surface area contributed by atoms with E-state index in [1.165, 1.54) is 20.3 Å². The van der Waals surface area contributed by atoms with Crippen molar-refractivity contribution >= 4 is 18.2 Å². The van der Waals surface area contributed by atoms with E-state index in [-0.39, 0.29) is 17.1 Å². The van der Waals surface area contributed by atoms with E-state index >= 15 is 0 Å². The van der Waals surface area contributed by atoms with Crippen LogP contribution < -0.4 is 9.47 Å². The monoisotopic (exact) mass is 457 g/mol. The molecule has 0 saturated heterocycles. The number of benzene rings is 1. The highest BCUT2D eigenvalue weighted by molar-refractivity contribution is 5.94. The average molecular weight is 457 g/mol. The summed E-state index contributed by atoms with van der Waals surface area (Å²) in [6.45, 7) is 9.58. The Hall–Kier alpha value is -3.04. The third kappa shape index (κ3) is 7.58. The second-order valence-electron chi connectivity index (χ2n) is 8.87. The van der Waals surface area contributed by atoms with Crippen molar-refractivity contribution in [3.8, 4) is 11.5 Å². The van der Waals surface area contributed by atoms with Crippen molar-refractivity contribution in [1.29, 1.82) is 0 Å². The summed E-state index contributed by atoms with van der Waals surface area (Å²) in [5, 5.41) is 0.